The maximum atomic E-state index is 12.5. The number of aryl methyl sites for hydroxylation is 2. The van der Waals surface area contributed by atoms with Gasteiger partial charge in [0.2, 0.25) is 0 Å². The average Bonchev–Trinajstić information content (AvgIpc) is 3.26. The van der Waals surface area contributed by atoms with Crippen molar-refractivity contribution >= 4 is 10.1 Å². The van der Waals surface area contributed by atoms with Crippen LogP contribution < -0.4 is 4.18 Å². The third-order valence-corrected chi connectivity index (χ3v) is 5.26. The van der Waals surface area contributed by atoms with E-state index >= 15 is 0 Å². The van der Waals surface area contributed by atoms with Gasteiger partial charge in [0.15, 0.2) is 0 Å². The van der Waals surface area contributed by atoms with Crippen LogP contribution in [0.4, 0.5) is 0 Å². The molecule has 0 unspecified atom stereocenters. The van der Waals surface area contributed by atoms with E-state index in [-0.39, 0.29) is 10.6 Å². The van der Waals surface area contributed by atoms with Crippen LogP contribution >= 0.6 is 0 Å². The fraction of sp³-hybridized carbons (Fsp3) is 0.188. The van der Waals surface area contributed by atoms with Gasteiger partial charge in [0.1, 0.15) is 17.0 Å². The Hall–Kier alpha value is -2.74. The molecule has 0 fully saturated rings. The van der Waals surface area contributed by atoms with Gasteiger partial charge in [-0.05, 0) is 77.2 Å². The summed E-state index contributed by atoms with van der Waals surface area (Å²) in [6, 6.07) is 11.7. The molecule has 0 saturated carbocycles. The molecule has 0 saturated heterocycles. The maximum Gasteiger partial charge on any atom is 0.339 e. The zero-order valence-electron chi connectivity index (χ0n) is 12.7. The lowest BCUT2D eigenvalue weighted by Crippen LogP contribution is -2.10. The number of rotatable bonds is 4. The number of hydrogen-bond donors (Lipinski definition) is 0. The second-order valence-corrected chi connectivity index (χ2v) is 7.12. The van der Waals surface area contributed by atoms with E-state index in [0.717, 1.165) is 24.8 Å². The normalized spacial score (nSPS) is 13.7. The number of benzene rings is 2. The van der Waals surface area contributed by atoms with E-state index in [4.69, 9.17) is 4.18 Å². The van der Waals surface area contributed by atoms with E-state index in [1.165, 1.54) is 16.6 Å². The van der Waals surface area contributed by atoms with Gasteiger partial charge in [-0.3, -0.25) is 0 Å². The molecule has 1 heterocycles. The van der Waals surface area contributed by atoms with Crippen LogP contribution in [0.5, 0.6) is 5.75 Å². The van der Waals surface area contributed by atoms with E-state index in [9.17, 15) is 8.42 Å². The molecule has 4 rings (SSSR count). The fourth-order valence-corrected chi connectivity index (χ4v) is 3.79. The van der Waals surface area contributed by atoms with Crippen molar-refractivity contribution in [3.8, 4) is 11.4 Å². The smallest absolute Gasteiger partial charge is 0.339 e. The largest absolute Gasteiger partial charge is 0.379 e. The number of nitrogens with zero attached hydrogens (tertiary/aromatic N) is 4. The minimum atomic E-state index is -3.85. The highest BCUT2D eigenvalue weighted by atomic mass is 32.2. The summed E-state index contributed by atoms with van der Waals surface area (Å²) in [5.74, 6) is 0.243. The van der Waals surface area contributed by atoms with E-state index in [0.29, 0.717) is 5.69 Å². The summed E-state index contributed by atoms with van der Waals surface area (Å²) in [7, 11) is -3.85. The van der Waals surface area contributed by atoms with E-state index in [2.05, 4.69) is 15.5 Å². The van der Waals surface area contributed by atoms with Crippen molar-refractivity contribution < 1.29 is 12.6 Å². The predicted octanol–water partition coefficient (Wildman–Crippen LogP) is 1.92. The lowest BCUT2D eigenvalue weighted by Gasteiger charge is -2.09. The monoisotopic (exact) mass is 342 g/mol. The van der Waals surface area contributed by atoms with Crippen LogP contribution in [-0.4, -0.2) is 28.6 Å². The van der Waals surface area contributed by atoms with Crippen LogP contribution in [0, 0.1) is 0 Å². The first-order chi connectivity index (χ1) is 11.6. The zero-order chi connectivity index (χ0) is 16.6. The number of hydrogen-bond acceptors (Lipinski definition) is 6. The second-order valence-electron chi connectivity index (χ2n) is 5.57. The third-order valence-electron chi connectivity index (χ3n) is 4.01. The van der Waals surface area contributed by atoms with Gasteiger partial charge in [-0.15, -0.1) is 5.10 Å². The summed E-state index contributed by atoms with van der Waals surface area (Å²) in [6.07, 6.45) is 4.45. The Morgan fingerprint density at radius 3 is 2.54 bits per heavy atom. The SMILES string of the molecule is O=S(=O)(Oc1ccc(-n2cnnn2)cc1)c1ccc2c(c1)CCC2. The molecule has 1 aliphatic rings. The van der Waals surface area contributed by atoms with Gasteiger partial charge in [-0.1, -0.05) is 6.07 Å². The standard InChI is InChI=1S/C16H14N4O3S/c21-24(22,16-9-4-12-2-1-3-13(12)10-16)23-15-7-5-14(6-8-15)20-11-17-18-19-20/h4-11H,1-3H2. The summed E-state index contributed by atoms with van der Waals surface area (Å²) < 4.78 is 31.6. The summed E-state index contributed by atoms with van der Waals surface area (Å²) in [4.78, 5) is 0.188. The molecule has 0 aliphatic heterocycles. The van der Waals surface area contributed by atoms with Gasteiger partial charge in [0.25, 0.3) is 0 Å². The lowest BCUT2D eigenvalue weighted by atomic mass is 10.1. The van der Waals surface area contributed by atoms with Crippen molar-refractivity contribution in [1.82, 2.24) is 20.2 Å². The van der Waals surface area contributed by atoms with E-state index in [1.54, 1.807) is 36.4 Å². The van der Waals surface area contributed by atoms with Gasteiger partial charge in [-0.25, -0.2) is 4.68 Å². The third kappa shape index (κ3) is 2.76. The highest BCUT2D eigenvalue weighted by Gasteiger charge is 2.20. The molecule has 24 heavy (non-hydrogen) atoms. The minimum Gasteiger partial charge on any atom is -0.379 e. The van der Waals surface area contributed by atoms with Crippen molar-refractivity contribution in [2.45, 2.75) is 24.2 Å². The number of fused-ring (bicyclic) bond motifs is 1. The molecular weight excluding hydrogens is 328 g/mol. The number of tetrazole rings is 1. The Morgan fingerprint density at radius 1 is 1.00 bits per heavy atom. The Morgan fingerprint density at radius 2 is 1.79 bits per heavy atom. The lowest BCUT2D eigenvalue weighted by molar-refractivity contribution is 0.486. The van der Waals surface area contributed by atoms with E-state index in [1.807, 2.05) is 6.07 Å². The highest BCUT2D eigenvalue weighted by molar-refractivity contribution is 7.87. The van der Waals surface area contributed by atoms with Crippen molar-refractivity contribution in [3.05, 3.63) is 59.9 Å². The Bertz CT molecular complexity index is 967. The molecule has 0 spiro atoms. The van der Waals surface area contributed by atoms with Crippen molar-refractivity contribution in [2.24, 2.45) is 0 Å². The van der Waals surface area contributed by atoms with Crippen molar-refractivity contribution in [2.75, 3.05) is 0 Å². The molecule has 0 bridgehead atoms. The first-order valence-corrected chi connectivity index (χ1v) is 8.92. The summed E-state index contributed by atoms with van der Waals surface area (Å²) >= 11 is 0. The molecule has 0 N–H and O–H groups in total. The molecule has 0 amide bonds. The van der Waals surface area contributed by atoms with E-state index < -0.39 is 10.1 Å². The summed E-state index contributed by atoms with van der Waals surface area (Å²) in [5.41, 5.74) is 3.02. The van der Waals surface area contributed by atoms with Gasteiger partial charge < -0.3 is 4.18 Å². The topological polar surface area (TPSA) is 87.0 Å². The van der Waals surface area contributed by atoms with Gasteiger partial charge in [0, 0.05) is 0 Å². The number of aromatic nitrogens is 4. The highest BCUT2D eigenvalue weighted by Crippen LogP contribution is 2.26. The molecule has 8 heteroatoms. The van der Waals surface area contributed by atoms with Crippen LogP contribution in [0.1, 0.15) is 17.5 Å². The zero-order valence-corrected chi connectivity index (χ0v) is 13.5. The van der Waals surface area contributed by atoms with Crippen LogP contribution in [0.2, 0.25) is 0 Å². The van der Waals surface area contributed by atoms with Gasteiger partial charge in [-0.2, -0.15) is 8.42 Å². The first-order valence-electron chi connectivity index (χ1n) is 7.51. The first kappa shape index (κ1) is 14.8. The minimum absolute atomic E-state index is 0.188. The molecule has 3 aromatic rings. The van der Waals surface area contributed by atoms with Gasteiger partial charge in [0.05, 0.1) is 5.69 Å². The van der Waals surface area contributed by atoms with Crippen molar-refractivity contribution in [1.29, 1.82) is 0 Å². The molecule has 1 aliphatic carbocycles. The average molecular weight is 342 g/mol. The molecule has 2 aromatic carbocycles. The quantitative estimate of drug-likeness (QED) is 0.673. The maximum absolute atomic E-state index is 12.5. The van der Waals surface area contributed by atoms with Crippen LogP contribution in [-0.2, 0) is 23.0 Å². The van der Waals surface area contributed by atoms with Gasteiger partial charge >= 0.3 is 10.1 Å². The second kappa shape index (κ2) is 5.72. The molecule has 0 radical (unpaired) electrons. The molecule has 7 nitrogen and oxygen atoms in total. The Labute approximate surface area is 139 Å². The molecule has 122 valence electrons. The molecular formula is C16H14N4O3S. The molecule has 0 atom stereocenters. The predicted molar refractivity (Wildman–Crippen MR) is 85.4 cm³/mol. The molecule has 1 aromatic heterocycles. The summed E-state index contributed by atoms with van der Waals surface area (Å²) in [6.45, 7) is 0. The van der Waals surface area contributed by atoms with Crippen molar-refractivity contribution in [3.63, 3.8) is 0 Å². The summed E-state index contributed by atoms with van der Waals surface area (Å²) in [5, 5.41) is 10.9. The Kier molecular flexibility index (Phi) is 3.53. The van der Waals surface area contributed by atoms with Crippen LogP contribution in [0.25, 0.3) is 5.69 Å². The van der Waals surface area contributed by atoms with Crippen LogP contribution in [0.15, 0.2) is 53.7 Å². The van der Waals surface area contributed by atoms with Crippen LogP contribution in [0.3, 0.4) is 0 Å². The Balaban J connectivity index is 1.57. The fourth-order valence-electron chi connectivity index (χ4n) is 2.81.